The van der Waals surface area contributed by atoms with E-state index in [1.807, 2.05) is 11.8 Å². The van der Waals surface area contributed by atoms with Gasteiger partial charge in [0.05, 0.1) is 5.60 Å². The van der Waals surface area contributed by atoms with E-state index in [-0.39, 0.29) is 0 Å². The SMILES string of the molecule is CCSCCNCC1(O)CCC(C)(C)CC1. The molecule has 1 aliphatic carbocycles. The smallest absolute Gasteiger partial charge is 0.0772 e. The molecule has 0 unspecified atom stereocenters. The average molecular weight is 245 g/mol. The molecule has 0 atom stereocenters. The van der Waals surface area contributed by atoms with E-state index in [1.54, 1.807) is 0 Å². The van der Waals surface area contributed by atoms with Gasteiger partial charge in [0.25, 0.3) is 0 Å². The van der Waals surface area contributed by atoms with Crippen LogP contribution in [0.1, 0.15) is 46.5 Å². The molecule has 1 rings (SSSR count). The molecule has 2 N–H and O–H groups in total. The maximum absolute atomic E-state index is 10.4. The maximum Gasteiger partial charge on any atom is 0.0772 e. The Labute approximate surface area is 105 Å². The van der Waals surface area contributed by atoms with Gasteiger partial charge in [0.2, 0.25) is 0 Å². The zero-order chi connectivity index (χ0) is 12.1. The highest BCUT2D eigenvalue weighted by Gasteiger charge is 2.36. The van der Waals surface area contributed by atoms with Gasteiger partial charge in [0, 0.05) is 18.8 Å². The van der Waals surface area contributed by atoms with Crippen LogP contribution in [0.4, 0.5) is 0 Å². The lowest BCUT2D eigenvalue weighted by Crippen LogP contribution is -2.45. The fraction of sp³-hybridized carbons (Fsp3) is 1.00. The molecule has 1 fully saturated rings. The standard InChI is InChI=1S/C13H27NOS/c1-4-16-10-9-14-11-13(15)7-5-12(2,3)6-8-13/h14-15H,4-11H2,1-3H3. The van der Waals surface area contributed by atoms with Crippen LogP contribution >= 0.6 is 11.8 Å². The Kier molecular flexibility index (Phi) is 5.62. The van der Waals surface area contributed by atoms with Crippen molar-refractivity contribution in [1.29, 1.82) is 0 Å². The maximum atomic E-state index is 10.4. The van der Waals surface area contributed by atoms with Crippen LogP contribution in [0.3, 0.4) is 0 Å². The van der Waals surface area contributed by atoms with Gasteiger partial charge < -0.3 is 10.4 Å². The lowest BCUT2D eigenvalue weighted by atomic mass is 9.71. The minimum Gasteiger partial charge on any atom is -0.389 e. The van der Waals surface area contributed by atoms with Gasteiger partial charge in [-0.1, -0.05) is 20.8 Å². The van der Waals surface area contributed by atoms with Crippen molar-refractivity contribution < 1.29 is 5.11 Å². The Balaban J connectivity index is 2.16. The van der Waals surface area contributed by atoms with E-state index in [4.69, 9.17) is 0 Å². The summed E-state index contributed by atoms with van der Waals surface area (Å²) in [4.78, 5) is 0. The van der Waals surface area contributed by atoms with Crippen molar-refractivity contribution in [3.05, 3.63) is 0 Å². The Hall–Kier alpha value is 0.270. The summed E-state index contributed by atoms with van der Waals surface area (Å²) in [5.74, 6) is 2.33. The van der Waals surface area contributed by atoms with E-state index in [0.29, 0.717) is 5.41 Å². The van der Waals surface area contributed by atoms with Crippen LogP contribution in [-0.4, -0.2) is 35.3 Å². The lowest BCUT2D eigenvalue weighted by Gasteiger charge is -2.40. The van der Waals surface area contributed by atoms with Gasteiger partial charge in [-0.15, -0.1) is 0 Å². The van der Waals surface area contributed by atoms with Crippen molar-refractivity contribution in [2.45, 2.75) is 52.1 Å². The molecular formula is C13H27NOS. The third-order valence-electron chi connectivity index (χ3n) is 3.62. The van der Waals surface area contributed by atoms with Crippen molar-refractivity contribution >= 4 is 11.8 Å². The van der Waals surface area contributed by atoms with E-state index < -0.39 is 5.60 Å². The van der Waals surface area contributed by atoms with Crippen LogP contribution in [0.5, 0.6) is 0 Å². The molecule has 1 saturated carbocycles. The molecule has 0 radical (unpaired) electrons. The monoisotopic (exact) mass is 245 g/mol. The molecule has 0 amide bonds. The highest BCUT2D eigenvalue weighted by Crippen LogP contribution is 2.39. The Morgan fingerprint density at radius 2 is 1.81 bits per heavy atom. The molecule has 0 aromatic carbocycles. The van der Waals surface area contributed by atoms with Gasteiger partial charge in [-0.25, -0.2) is 0 Å². The Morgan fingerprint density at radius 1 is 1.19 bits per heavy atom. The minimum atomic E-state index is -0.438. The van der Waals surface area contributed by atoms with Gasteiger partial charge in [0.1, 0.15) is 0 Å². The summed E-state index contributed by atoms with van der Waals surface area (Å²) in [6.45, 7) is 8.58. The first-order valence-electron chi connectivity index (χ1n) is 6.48. The minimum absolute atomic E-state index is 0.435. The van der Waals surface area contributed by atoms with Crippen LogP contribution in [0.15, 0.2) is 0 Å². The molecule has 0 spiro atoms. The van der Waals surface area contributed by atoms with Crippen LogP contribution < -0.4 is 5.32 Å². The largest absolute Gasteiger partial charge is 0.389 e. The second kappa shape index (κ2) is 6.27. The van der Waals surface area contributed by atoms with Gasteiger partial charge in [-0.2, -0.15) is 11.8 Å². The Bertz CT molecular complexity index is 196. The molecule has 96 valence electrons. The van der Waals surface area contributed by atoms with Gasteiger partial charge in [-0.05, 0) is 36.9 Å². The molecule has 0 aromatic rings. The topological polar surface area (TPSA) is 32.3 Å². The number of rotatable bonds is 6. The van der Waals surface area contributed by atoms with Crippen molar-refractivity contribution in [1.82, 2.24) is 5.32 Å². The van der Waals surface area contributed by atoms with Crippen LogP contribution in [0, 0.1) is 5.41 Å². The molecule has 0 aliphatic heterocycles. The predicted molar refractivity (Wildman–Crippen MR) is 73.1 cm³/mol. The molecule has 0 saturated heterocycles. The summed E-state index contributed by atoms with van der Waals surface area (Å²) >= 11 is 1.95. The van der Waals surface area contributed by atoms with E-state index >= 15 is 0 Å². The molecule has 2 nitrogen and oxygen atoms in total. The molecule has 16 heavy (non-hydrogen) atoms. The number of hydrogen-bond donors (Lipinski definition) is 2. The summed E-state index contributed by atoms with van der Waals surface area (Å²) in [6.07, 6.45) is 4.20. The summed E-state index contributed by atoms with van der Waals surface area (Å²) in [5, 5.41) is 13.8. The van der Waals surface area contributed by atoms with E-state index in [2.05, 4.69) is 26.1 Å². The molecule has 1 aliphatic rings. The van der Waals surface area contributed by atoms with E-state index in [0.717, 1.165) is 44.5 Å². The van der Waals surface area contributed by atoms with Crippen molar-refractivity contribution in [2.24, 2.45) is 5.41 Å². The number of aliphatic hydroxyl groups is 1. The highest BCUT2D eigenvalue weighted by molar-refractivity contribution is 7.99. The first kappa shape index (κ1) is 14.3. The van der Waals surface area contributed by atoms with Crippen LogP contribution in [0.2, 0.25) is 0 Å². The second-order valence-corrected chi connectivity index (χ2v) is 7.16. The molecule has 0 heterocycles. The third kappa shape index (κ3) is 5.07. The predicted octanol–water partition coefficient (Wildman–Crippen LogP) is 2.66. The van der Waals surface area contributed by atoms with Crippen LogP contribution in [0.25, 0.3) is 0 Å². The fourth-order valence-corrected chi connectivity index (χ4v) is 2.76. The van der Waals surface area contributed by atoms with E-state index in [1.165, 1.54) is 5.75 Å². The second-order valence-electron chi connectivity index (χ2n) is 5.76. The zero-order valence-corrected chi connectivity index (χ0v) is 11.8. The van der Waals surface area contributed by atoms with Gasteiger partial charge >= 0.3 is 0 Å². The van der Waals surface area contributed by atoms with Gasteiger partial charge in [-0.3, -0.25) is 0 Å². The quantitative estimate of drug-likeness (QED) is 0.706. The summed E-state index contributed by atoms with van der Waals surface area (Å²) < 4.78 is 0. The third-order valence-corrected chi connectivity index (χ3v) is 4.52. The van der Waals surface area contributed by atoms with Crippen molar-refractivity contribution in [3.8, 4) is 0 Å². The fourth-order valence-electron chi connectivity index (χ4n) is 2.18. The number of nitrogens with one attached hydrogen (secondary N) is 1. The zero-order valence-electron chi connectivity index (χ0n) is 11.0. The summed E-state index contributed by atoms with van der Waals surface area (Å²) in [5.41, 5.74) is -0.00328. The highest BCUT2D eigenvalue weighted by atomic mass is 32.2. The molecule has 0 aromatic heterocycles. The number of hydrogen-bond acceptors (Lipinski definition) is 3. The van der Waals surface area contributed by atoms with Gasteiger partial charge in [0.15, 0.2) is 0 Å². The lowest BCUT2D eigenvalue weighted by molar-refractivity contribution is -0.0238. The van der Waals surface area contributed by atoms with Crippen molar-refractivity contribution in [2.75, 3.05) is 24.6 Å². The summed E-state index contributed by atoms with van der Waals surface area (Å²) in [7, 11) is 0. The first-order valence-corrected chi connectivity index (χ1v) is 7.64. The normalized spacial score (nSPS) is 23.2. The average Bonchev–Trinajstić information content (AvgIpc) is 2.23. The molecule has 0 bridgehead atoms. The van der Waals surface area contributed by atoms with Crippen LogP contribution in [-0.2, 0) is 0 Å². The van der Waals surface area contributed by atoms with E-state index in [9.17, 15) is 5.11 Å². The first-order chi connectivity index (χ1) is 7.47. The number of thioether (sulfide) groups is 1. The molecular weight excluding hydrogens is 218 g/mol. The molecule has 3 heteroatoms. The summed E-state index contributed by atoms with van der Waals surface area (Å²) in [6, 6.07) is 0. The Morgan fingerprint density at radius 3 is 2.38 bits per heavy atom. The van der Waals surface area contributed by atoms with Crippen molar-refractivity contribution in [3.63, 3.8) is 0 Å².